The third kappa shape index (κ3) is 2.35. The van der Waals surface area contributed by atoms with Gasteiger partial charge in [0.1, 0.15) is 0 Å². The van der Waals surface area contributed by atoms with Crippen molar-refractivity contribution in [1.29, 1.82) is 0 Å². The zero-order valence-electron chi connectivity index (χ0n) is 10.6. The minimum atomic E-state index is 0.334. The topological polar surface area (TPSA) is 29.5 Å². The van der Waals surface area contributed by atoms with Gasteiger partial charge in [-0.25, -0.2) is 0 Å². The minimum Gasteiger partial charge on any atom is -0.378 e. The number of nitrogens with zero attached hydrogens (tertiary/aromatic N) is 1. The van der Waals surface area contributed by atoms with Gasteiger partial charge < -0.3 is 9.64 Å². The Hall–Kier alpha value is -0.570. The summed E-state index contributed by atoms with van der Waals surface area (Å²) in [5.74, 6) is 2.47. The van der Waals surface area contributed by atoms with Crippen molar-refractivity contribution in [1.82, 2.24) is 4.90 Å². The highest BCUT2D eigenvalue weighted by Gasteiger charge is 2.40. The molecule has 1 aliphatic heterocycles. The van der Waals surface area contributed by atoms with E-state index in [1.807, 2.05) is 4.90 Å². The third-order valence-electron chi connectivity index (χ3n) is 4.91. The summed E-state index contributed by atoms with van der Waals surface area (Å²) < 4.78 is 5.31. The van der Waals surface area contributed by atoms with E-state index in [2.05, 4.69) is 0 Å². The molecule has 0 aromatic carbocycles. The van der Waals surface area contributed by atoms with Crippen LogP contribution in [0.1, 0.15) is 38.5 Å². The first-order chi connectivity index (χ1) is 8.34. The Morgan fingerprint density at radius 1 is 1.00 bits per heavy atom. The third-order valence-corrected chi connectivity index (χ3v) is 4.91. The predicted octanol–water partition coefficient (Wildman–Crippen LogP) is 2.06. The molecule has 2 unspecified atom stereocenters. The number of morpholine rings is 1. The van der Waals surface area contributed by atoms with E-state index in [-0.39, 0.29) is 0 Å². The molecule has 3 rings (SSSR count). The maximum absolute atomic E-state index is 12.4. The zero-order chi connectivity index (χ0) is 11.7. The lowest BCUT2D eigenvalue weighted by Crippen LogP contribution is -2.43. The molecule has 1 amide bonds. The van der Waals surface area contributed by atoms with Crippen LogP contribution in [0, 0.1) is 17.8 Å². The molecular formula is C14H23NO2. The Kier molecular flexibility index (Phi) is 3.37. The summed E-state index contributed by atoms with van der Waals surface area (Å²) in [4.78, 5) is 14.4. The summed E-state index contributed by atoms with van der Waals surface area (Å²) in [5.41, 5.74) is 0. The van der Waals surface area contributed by atoms with Crippen molar-refractivity contribution in [3.8, 4) is 0 Å². The van der Waals surface area contributed by atoms with Crippen molar-refractivity contribution in [2.45, 2.75) is 38.5 Å². The Morgan fingerprint density at radius 3 is 2.18 bits per heavy atom. The first kappa shape index (κ1) is 11.5. The fourth-order valence-electron chi connectivity index (χ4n) is 3.98. The van der Waals surface area contributed by atoms with Gasteiger partial charge in [-0.1, -0.05) is 25.7 Å². The van der Waals surface area contributed by atoms with Gasteiger partial charge in [-0.3, -0.25) is 4.79 Å². The van der Waals surface area contributed by atoms with E-state index >= 15 is 0 Å². The van der Waals surface area contributed by atoms with Crippen LogP contribution in [0.5, 0.6) is 0 Å². The predicted molar refractivity (Wildman–Crippen MR) is 65.6 cm³/mol. The number of carbonyl (C=O) groups is 1. The monoisotopic (exact) mass is 237 g/mol. The molecule has 2 saturated carbocycles. The maximum Gasteiger partial charge on any atom is 0.225 e. The molecule has 3 nitrogen and oxygen atoms in total. The normalized spacial score (nSPS) is 37.9. The molecule has 1 saturated heterocycles. The quantitative estimate of drug-likeness (QED) is 0.698. The van der Waals surface area contributed by atoms with Crippen LogP contribution in [0.4, 0.5) is 0 Å². The van der Waals surface area contributed by atoms with Gasteiger partial charge in [0.05, 0.1) is 13.2 Å². The molecule has 3 fully saturated rings. The second kappa shape index (κ2) is 4.97. The summed E-state index contributed by atoms with van der Waals surface area (Å²) in [6.07, 6.45) is 7.86. The molecule has 96 valence electrons. The van der Waals surface area contributed by atoms with Crippen molar-refractivity contribution < 1.29 is 9.53 Å². The average Bonchev–Trinajstić information content (AvgIpc) is 2.82. The smallest absolute Gasteiger partial charge is 0.225 e. The number of fused-ring (bicyclic) bond motifs is 1. The fourth-order valence-corrected chi connectivity index (χ4v) is 3.98. The average molecular weight is 237 g/mol. The van der Waals surface area contributed by atoms with Gasteiger partial charge in [-0.15, -0.1) is 0 Å². The van der Waals surface area contributed by atoms with Crippen molar-refractivity contribution in [2.75, 3.05) is 26.3 Å². The number of hydrogen-bond acceptors (Lipinski definition) is 2. The van der Waals surface area contributed by atoms with Gasteiger partial charge in [-0.05, 0) is 24.7 Å². The molecule has 3 heteroatoms. The molecule has 0 aromatic heterocycles. The van der Waals surface area contributed by atoms with Crippen LogP contribution in [0.15, 0.2) is 0 Å². The molecule has 0 radical (unpaired) electrons. The lowest BCUT2D eigenvalue weighted by molar-refractivity contribution is -0.139. The molecular weight excluding hydrogens is 214 g/mol. The number of rotatable bonds is 1. The van der Waals surface area contributed by atoms with Crippen LogP contribution < -0.4 is 0 Å². The molecule has 17 heavy (non-hydrogen) atoms. The van der Waals surface area contributed by atoms with Gasteiger partial charge >= 0.3 is 0 Å². The summed E-state index contributed by atoms with van der Waals surface area (Å²) in [6.45, 7) is 3.08. The van der Waals surface area contributed by atoms with Crippen molar-refractivity contribution in [3.63, 3.8) is 0 Å². The van der Waals surface area contributed by atoms with Crippen LogP contribution in [-0.2, 0) is 9.53 Å². The Balaban J connectivity index is 1.59. The summed E-state index contributed by atoms with van der Waals surface area (Å²) in [7, 11) is 0. The van der Waals surface area contributed by atoms with Crippen molar-refractivity contribution >= 4 is 5.91 Å². The van der Waals surface area contributed by atoms with E-state index in [1.165, 1.54) is 38.5 Å². The molecule has 2 atom stereocenters. The molecule has 0 bridgehead atoms. The summed E-state index contributed by atoms with van der Waals surface area (Å²) in [6, 6.07) is 0. The van der Waals surface area contributed by atoms with Crippen LogP contribution in [0.3, 0.4) is 0 Å². The van der Waals surface area contributed by atoms with Gasteiger partial charge in [0.25, 0.3) is 0 Å². The Morgan fingerprint density at radius 2 is 1.59 bits per heavy atom. The van der Waals surface area contributed by atoms with Crippen LogP contribution in [0.25, 0.3) is 0 Å². The SMILES string of the molecule is O=C(C1CC2CCCCC2C1)N1CCOCC1. The first-order valence-electron chi connectivity index (χ1n) is 7.21. The van der Waals surface area contributed by atoms with Gasteiger partial charge in [-0.2, -0.15) is 0 Å². The molecule has 2 aliphatic carbocycles. The second-order valence-corrected chi connectivity index (χ2v) is 5.91. The molecule has 0 aromatic rings. The Bertz CT molecular complexity index is 272. The van der Waals surface area contributed by atoms with Crippen LogP contribution in [-0.4, -0.2) is 37.1 Å². The zero-order valence-corrected chi connectivity index (χ0v) is 10.6. The fraction of sp³-hybridized carbons (Fsp3) is 0.929. The van der Waals surface area contributed by atoms with Gasteiger partial charge in [0.2, 0.25) is 5.91 Å². The molecule has 0 spiro atoms. The lowest BCUT2D eigenvalue weighted by Gasteiger charge is -2.29. The van der Waals surface area contributed by atoms with E-state index in [0.717, 1.165) is 38.1 Å². The highest BCUT2D eigenvalue weighted by molar-refractivity contribution is 5.79. The van der Waals surface area contributed by atoms with Crippen molar-refractivity contribution in [3.05, 3.63) is 0 Å². The standard InChI is InChI=1S/C14H23NO2/c16-14(15-5-7-17-8-6-15)13-9-11-3-1-2-4-12(11)10-13/h11-13H,1-10H2. The summed E-state index contributed by atoms with van der Waals surface area (Å²) >= 11 is 0. The maximum atomic E-state index is 12.4. The van der Waals surface area contributed by atoms with E-state index in [0.29, 0.717) is 11.8 Å². The van der Waals surface area contributed by atoms with Gasteiger partial charge in [0, 0.05) is 19.0 Å². The van der Waals surface area contributed by atoms with Crippen LogP contribution >= 0.6 is 0 Å². The largest absolute Gasteiger partial charge is 0.378 e. The van der Waals surface area contributed by atoms with Crippen LogP contribution in [0.2, 0.25) is 0 Å². The second-order valence-electron chi connectivity index (χ2n) is 5.91. The molecule has 0 N–H and O–H groups in total. The van der Waals surface area contributed by atoms with Gasteiger partial charge in [0.15, 0.2) is 0 Å². The highest BCUT2D eigenvalue weighted by Crippen LogP contribution is 2.45. The molecule has 3 aliphatic rings. The lowest BCUT2D eigenvalue weighted by atomic mass is 9.82. The summed E-state index contributed by atoms with van der Waals surface area (Å²) in [5, 5.41) is 0. The minimum absolute atomic E-state index is 0.334. The number of ether oxygens (including phenoxy) is 1. The number of amides is 1. The molecule has 1 heterocycles. The van der Waals surface area contributed by atoms with E-state index in [9.17, 15) is 4.79 Å². The van der Waals surface area contributed by atoms with E-state index in [4.69, 9.17) is 4.74 Å². The number of hydrogen-bond donors (Lipinski definition) is 0. The first-order valence-corrected chi connectivity index (χ1v) is 7.21. The van der Waals surface area contributed by atoms with E-state index in [1.54, 1.807) is 0 Å². The number of carbonyl (C=O) groups excluding carboxylic acids is 1. The van der Waals surface area contributed by atoms with E-state index < -0.39 is 0 Å². The highest BCUT2D eigenvalue weighted by atomic mass is 16.5. The Labute approximate surface area is 104 Å². The van der Waals surface area contributed by atoms with Crippen molar-refractivity contribution in [2.24, 2.45) is 17.8 Å².